The van der Waals surface area contributed by atoms with Gasteiger partial charge in [-0.3, -0.25) is 4.98 Å². The second kappa shape index (κ2) is 5.17. The topological polar surface area (TPSA) is 35.0 Å². The number of ether oxygens (including phenoxy) is 1. The van der Waals surface area contributed by atoms with Crippen LogP contribution in [0.15, 0.2) is 30.3 Å². The summed E-state index contributed by atoms with van der Waals surface area (Å²) in [6.07, 6.45) is 0. The number of pyridine rings is 2. The second-order valence-corrected chi connectivity index (χ2v) is 5.38. The van der Waals surface area contributed by atoms with Gasteiger partial charge < -0.3 is 4.74 Å². The van der Waals surface area contributed by atoms with E-state index in [0.717, 1.165) is 22.8 Å². The Balaban J connectivity index is 2.30. The van der Waals surface area contributed by atoms with Gasteiger partial charge in [-0.05, 0) is 52.0 Å². The van der Waals surface area contributed by atoms with E-state index in [9.17, 15) is 0 Å². The van der Waals surface area contributed by atoms with Gasteiger partial charge in [0.15, 0.2) is 0 Å². The zero-order valence-corrected chi connectivity index (χ0v) is 12.3. The maximum atomic E-state index is 6.05. The van der Waals surface area contributed by atoms with E-state index >= 15 is 0 Å². The molecule has 0 fully saturated rings. The summed E-state index contributed by atoms with van der Waals surface area (Å²) in [7, 11) is 0. The molecule has 0 unspecified atom stereocenters. The van der Waals surface area contributed by atoms with Gasteiger partial charge >= 0.3 is 0 Å². The smallest absolute Gasteiger partial charge is 0.145 e. The van der Waals surface area contributed by atoms with E-state index in [-0.39, 0.29) is 0 Å². The number of rotatable bonds is 3. The molecule has 2 aromatic heterocycles. The molecule has 0 N–H and O–H groups in total. The van der Waals surface area contributed by atoms with Crippen LogP contribution in [0.25, 0.3) is 0 Å². The lowest BCUT2D eigenvalue weighted by Crippen LogP contribution is -2.27. The van der Waals surface area contributed by atoms with Gasteiger partial charge in [0.25, 0.3) is 0 Å². The van der Waals surface area contributed by atoms with E-state index in [2.05, 4.69) is 9.97 Å². The van der Waals surface area contributed by atoms with Crippen LogP contribution in [-0.4, -0.2) is 9.97 Å². The Bertz CT molecular complexity index is 596. The van der Waals surface area contributed by atoms with Crippen molar-refractivity contribution in [3.8, 4) is 5.75 Å². The fraction of sp³-hybridized carbons (Fsp3) is 0.333. The fourth-order valence-electron chi connectivity index (χ4n) is 1.83. The Hall–Kier alpha value is -1.61. The van der Waals surface area contributed by atoms with Gasteiger partial charge in [-0.2, -0.15) is 0 Å². The van der Waals surface area contributed by atoms with Crippen molar-refractivity contribution in [1.29, 1.82) is 0 Å². The first-order valence-corrected chi connectivity index (χ1v) is 6.52. The molecule has 0 saturated carbocycles. The Morgan fingerprint density at radius 2 is 1.79 bits per heavy atom. The number of hydrogen-bond donors (Lipinski definition) is 0. The maximum absolute atomic E-state index is 6.05. The van der Waals surface area contributed by atoms with Crippen LogP contribution in [0.5, 0.6) is 5.75 Å². The summed E-state index contributed by atoms with van der Waals surface area (Å²) in [5.74, 6) is 0.720. The molecule has 0 amide bonds. The molecule has 0 bridgehead atoms. The van der Waals surface area contributed by atoms with Crippen molar-refractivity contribution in [2.75, 3.05) is 0 Å². The Morgan fingerprint density at radius 1 is 1.05 bits per heavy atom. The second-order valence-electron chi connectivity index (χ2n) is 4.99. The van der Waals surface area contributed by atoms with Gasteiger partial charge in [0.2, 0.25) is 0 Å². The van der Waals surface area contributed by atoms with E-state index in [1.807, 2.05) is 52.0 Å². The summed E-state index contributed by atoms with van der Waals surface area (Å²) in [5.41, 5.74) is 2.11. The highest BCUT2D eigenvalue weighted by atomic mass is 35.5. The van der Waals surface area contributed by atoms with E-state index in [0.29, 0.717) is 5.15 Å². The molecule has 4 heteroatoms. The Morgan fingerprint density at radius 3 is 2.42 bits per heavy atom. The van der Waals surface area contributed by atoms with E-state index in [4.69, 9.17) is 16.3 Å². The van der Waals surface area contributed by atoms with Crippen LogP contribution in [0.1, 0.15) is 30.9 Å². The van der Waals surface area contributed by atoms with Crippen molar-refractivity contribution in [2.24, 2.45) is 0 Å². The summed E-state index contributed by atoms with van der Waals surface area (Å²) < 4.78 is 6.05. The highest BCUT2D eigenvalue weighted by Gasteiger charge is 2.25. The summed E-state index contributed by atoms with van der Waals surface area (Å²) in [6.45, 7) is 7.82. The number of aromatic nitrogens is 2. The molecule has 0 aromatic carbocycles. The molecular weight excluding hydrogens is 260 g/mol. The van der Waals surface area contributed by atoms with Crippen molar-refractivity contribution >= 4 is 11.6 Å². The predicted octanol–water partition coefficient (Wildman–Crippen LogP) is 4.06. The lowest BCUT2D eigenvalue weighted by Gasteiger charge is -2.26. The lowest BCUT2D eigenvalue weighted by atomic mass is 10.0. The molecule has 100 valence electrons. The SMILES string of the molecule is Cc1cccc(C(C)(C)Oc2ccc(Cl)nc2C)n1. The summed E-state index contributed by atoms with van der Waals surface area (Å²) in [5, 5.41) is 0.469. The summed E-state index contributed by atoms with van der Waals surface area (Å²) in [6, 6.07) is 9.47. The first-order chi connectivity index (χ1) is 8.88. The largest absolute Gasteiger partial charge is 0.480 e. The third-order valence-electron chi connectivity index (χ3n) is 2.87. The van der Waals surface area contributed by atoms with Crippen molar-refractivity contribution in [2.45, 2.75) is 33.3 Å². The minimum atomic E-state index is -0.522. The molecule has 0 aliphatic carbocycles. The van der Waals surface area contributed by atoms with Crippen LogP contribution >= 0.6 is 11.6 Å². The quantitative estimate of drug-likeness (QED) is 0.793. The average molecular weight is 277 g/mol. The van der Waals surface area contributed by atoms with Crippen LogP contribution in [0.3, 0.4) is 0 Å². The van der Waals surface area contributed by atoms with E-state index in [1.54, 1.807) is 6.07 Å². The highest BCUT2D eigenvalue weighted by molar-refractivity contribution is 6.29. The molecule has 3 nitrogen and oxygen atoms in total. The molecule has 0 atom stereocenters. The van der Waals surface area contributed by atoms with E-state index < -0.39 is 5.60 Å². The molecule has 19 heavy (non-hydrogen) atoms. The van der Waals surface area contributed by atoms with Crippen LogP contribution in [0.4, 0.5) is 0 Å². The van der Waals surface area contributed by atoms with Crippen molar-refractivity contribution in [3.63, 3.8) is 0 Å². The van der Waals surface area contributed by atoms with Gasteiger partial charge in [0, 0.05) is 5.69 Å². The van der Waals surface area contributed by atoms with Crippen LogP contribution in [-0.2, 0) is 5.60 Å². The predicted molar refractivity (Wildman–Crippen MR) is 76.6 cm³/mol. The Kier molecular flexibility index (Phi) is 3.76. The third-order valence-corrected chi connectivity index (χ3v) is 3.08. The van der Waals surface area contributed by atoms with Gasteiger partial charge in [0.1, 0.15) is 16.5 Å². The van der Waals surface area contributed by atoms with Crippen LogP contribution < -0.4 is 4.74 Å². The molecule has 0 aliphatic rings. The average Bonchev–Trinajstić information content (AvgIpc) is 2.33. The van der Waals surface area contributed by atoms with Crippen molar-refractivity contribution in [3.05, 3.63) is 52.6 Å². The highest BCUT2D eigenvalue weighted by Crippen LogP contribution is 2.28. The zero-order chi connectivity index (χ0) is 14.0. The monoisotopic (exact) mass is 276 g/mol. The van der Waals surface area contributed by atoms with Crippen LogP contribution in [0.2, 0.25) is 5.15 Å². The van der Waals surface area contributed by atoms with E-state index in [1.165, 1.54) is 0 Å². The Labute approximate surface area is 118 Å². The number of aryl methyl sites for hydroxylation is 2. The minimum absolute atomic E-state index is 0.469. The zero-order valence-electron chi connectivity index (χ0n) is 11.6. The molecule has 2 rings (SSSR count). The summed E-state index contributed by atoms with van der Waals surface area (Å²) >= 11 is 5.85. The molecule has 2 heterocycles. The molecule has 0 saturated heterocycles. The number of hydrogen-bond acceptors (Lipinski definition) is 3. The lowest BCUT2D eigenvalue weighted by molar-refractivity contribution is 0.102. The third kappa shape index (κ3) is 3.24. The molecule has 2 aromatic rings. The standard InChI is InChI=1S/C15H17ClN2O/c1-10-6-5-7-13(17-10)15(3,4)19-12-8-9-14(16)18-11(12)2/h5-9H,1-4H3. The van der Waals surface area contributed by atoms with Gasteiger partial charge in [0.05, 0.1) is 11.4 Å². The fourth-order valence-corrected chi connectivity index (χ4v) is 2.02. The van der Waals surface area contributed by atoms with Crippen molar-refractivity contribution < 1.29 is 4.74 Å². The van der Waals surface area contributed by atoms with Crippen LogP contribution in [0, 0.1) is 13.8 Å². The normalized spacial score (nSPS) is 11.4. The molecular formula is C15H17ClN2O. The summed E-state index contributed by atoms with van der Waals surface area (Å²) in [4.78, 5) is 8.71. The number of halogens is 1. The number of nitrogens with zero attached hydrogens (tertiary/aromatic N) is 2. The first kappa shape index (κ1) is 13.8. The molecule has 0 radical (unpaired) electrons. The van der Waals surface area contributed by atoms with Crippen molar-refractivity contribution in [1.82, 2.24) is 9.97 Å². The maximum Gasteiger partial charge on any atom is 0.145 e. The van der Waals surface area contributed by atoms with Gasteiger partial charge in [-0.15, -0.1) is 0 Å². The first-order valence-electron chi connectivity index (χ1n) is 6.15. The minimum Gasteiger partial charge on any atom is -0.480 e. The molecule has 0 aliphatic heterocycles. The molecule has 0 spiro atoms. The van der Waals surface area contributed by atoms with Gasteiger partial charge in [-0.1, -0.05) is 17.7 Å². The van der Waals surface area contributed by atoms with Gasteiger partial charge in [-0.25, -0.2) is 4.98 Å².